The molecule has 0 radical (unpaired) electrons. The number of methoxy groups -OCH3 is 1. The molecule has 0 spiro atoms. The topological polar surface area (TPSA) is 74.4 Å². The van der Waals surface area contributed by atoms with E-state index < -0.39 is 15.7 Å². The van der Waals surface area contributed by atoms with E-state index >= 15 is 0 Å². The van der Waals surface area contributed by atoms with Gasteiger partial charge in [0.25, 0.3) is 0 Å². The Kier molecular flexibility index (Phi) is 5.23. The SMILES string of the molecule is COc1ccc(S(=O)(=O)c2c[nH]c3ccc(F)cc23)cc1NC1CCN(C)CC1. The summed E-state index contributed by atoms with van der Waals surface area (Å²) in [5, 5.41) is 3.78. The van der Waals surface area contributed by atoms with Gasteiger partial charge in [-0.2, -0.15) is 0 Å². The van der Waals surface area contributed by atoms with E-state index in [2.05, 4.69) is 22.2 Å². The van der Waals surface area contributed by atoms with Crippen molar-refractivity contribution >= 4 is 26.4 Å². The van der Waals surface area contributed by atoms with Crippen LogP contribution in [0.2, 0.25) is 0 Å². The Balaban J connectivity index is 1.71. The lowest BCUT2D eigenvalue weighted by Gasteiger charge is -2.30. The lowest BCUT2D eigenvalue weighted by atomic mass is 10.1. The van der Waals surface area contributed by atoms with Gasteiger partial charge in [0.2, 0.25) is 9.84 Å². The van der Waals surface area contributed by atoms with Gasteiger partial charge in [-0.15, -0.1) is 0 Å². The zero-order valence-electron chi connectivity index (χ0n) is 16.4. The lowest BCUT2D eigenvalue weighted by Crippen LogP contribution is -2.36. The van der Waals surface area contributed by atoms with Crippen molar-refractivity contribution in [2.24, 2.45) is 0 Å². The van der Waals surface area contributed by atoms with Crippen LogP contribution < -0.4 is 10.1 Å². The molecule has 2 aromatic carbocycles. The molecule has 1 fully saturated rings. The average Bonchev–Trinajstić information content (AvgIpc) is 3.13. The van der Waals surface area contributed by atoms with Gasteiger partial charge in [0.05, 0.1) is 22.6 Å². The fourth-order valence-electron chi connectivity index (χ4n) is 3.76. The van der Waals surface area contributed by atoms with Crippen molar-refractivity contribution in [3.05, 3.63) is 48.4 Å². The summed E-state index contributed by atoms with van der Waals surface area (Å²) in [6.07, 6.45) is 3.35. The smallest absolute Gasteiger partial charge is 0.208 e. The number of aromatic nitrogens is 1. The Hall–Kier alpha value is -2.58. The van der Waals surface area contributed by atoms with E-state index in [0.29, 0.717) is 22.3 Å². The summed E-state index contributed by atoms with van der Waals surface area (Å²) in [7, 11) is -0.185. The Morgan fingerprint density at radius 2 is 1.93 bits per heavy atom. The third kappa shape index (κ3) is 3.82. The number of sulfone groups is 1. The number of aromatic amines is 1. The monoisotopic (exact) mass is 417 g/mol. The van der Waals surface area contributed by atoms with Crippen molar-refractivity contribution in [2.75, 3.05) is 32.6 Å². The molecule has 0 bridgehead atoms. The molecule has 8 heteroatoms. The minimum atomic E-state index is -3.84. The van der Waals surface area contributed by atoms with Crippen LogP contribution in [0.5, 0.6) is 5.75 Å². The van der Waals surface area contributed by atoms with Crippen molar-refractivity contribution < 1.29 is 17.5 Å². The first kappa shape index (κ1) is 19.7. The molecule has 154 valence electrons. The third-order valence-corrected chi connectivity index (χ3v) is 7.25. The molecule has 29 heavy (non-hydrogen) atoms. The first-order valence-electron chi connectivity index (χ1n) is 9.53. The molecule has 0 saturated carbocycles. The number of H-pyrrole nitrogens is 1. The number of halogens is 1. The van der Waals surface area contributed by atoms with Crippen molar-refractivity contribution in [1.82, 2.24) is 9.88 Å². The largest absolute Gasteiger partial charge is 0.495 e. The van der Waals surface area contributed by atoms with E-state index in [1.54, 1.807) is 19.2 Å². The van der Waals surface area contributed by atoms with Crippen LogP contribution in [-0.2, 0) is 9.84 Å². The number of hydrogen-bond acceptors (Lipinski definition) is 5. The lowest BCUT2D eigenvalue weighted by molar-refractivity contribution is 0.263. The molecule has 1 aliphatic rings. The molecule has 0 aliphatic carbocycles. The maximum atomic E-state index is 13.7. The Morgan fingerprint density at radius 3 is 2.66 bits per heavy atom. The molecule has 0 unspecified atom stereocenters. The molecular formula is C21H24FN3O3S. The standard InChI is InChI=1S/C21H24FN3O3S/c1-25-9-7-15(8-10-25)24-19-12-16(4-6-20(19)28-2)29(26,27)21-13-23-18-5-3-14(22)11-17(18)21/h3-6,11-13,15,23-24H,7-10H2,1-2H3. The van der Waals surface area contributed by atoms with Crippen LogP contribution in [0.25, 0.3) is 10.9 Å². The molecular weight excluding hydrogens is 393 g/mol. The van der Waals surface area contributed by atoms with Gasteiger partial charge >= 0.3 is 0 Å². The second-order valence-electron chi connectivity index (χ2n) is 7.43. The van der Waals surface area contributed by atoms with E-state index in [1.165, 1.54) is 30.5 Å². The van der Waals surface area contributed by atoms with Crippen molar-refractivity contribution in [1.29, 1.82) is 0 Å². The van der Waals surface area contributed by atoms with E-state index in [1.807, 2.05) is 0 Å². The van der Waals surface area contributed by atoms with Crippen molar-refractivity contribution in [3.63, 3.8) is 0 Å². The zero-order valence-corrected chi connectivity index (χ0v) is 17.2. The molecule has 0 amide bonds. The first-order chi connectivity index (χ1) is 13.9. The summed E-state index contributed by atoms with van der Waals surface area (Å²) in [4.78, 5) is 5.37. The number of ether oxygens (including phenoxy) is 1. The molecule has 6 nitrogen and oxygen atoms in total. The van der Waals surface area contributed by atoms with Crippen molar-refractivity contribution in [2.45, 2.75) is 28.7 Å². The van der Waals surface area contributed by atoms with Gasteiger partial charge < -0.3 is 19.9 Å². The van der Waals surface area contributed by atoms with E-state index in [4.69, 9.17) is 4.74 Å². The summed E-state index contributed by atoms with van der Waals surface area (Å²) >= 11 is 0. The van der Waals surface area contributed by atoms with Crippen LogP contribution >= 0.6 is 0 Å². The number of anilines is 1. The predicted molar refractivity (Wildman–Crippen MR) is 111 cm³/mol. The van der Waals surface area contributed by atoms with Crippen LogP contribution in [0.4, 0.5) is 10.1 Å². The van der Waals surface area contributed by atoms with Crippen LogP contribution in [0.15, 0.2) is 52.4 Å². The molecule has 4 rings (SSSR count). The Labute approximate surface area is 169 Å². The predicted octanol–water partition coefficient (Wildman–Crippen LogP) is 3.65. The van der Waals surface area contributed by atoms with Gasteiger partial charge in [0.15, 0.2) is 0 Å². The van der Waals surface area contributed by atoms with Gasteiger partial charge in [0, 0.05) is 23.1 Å². The van der Waals surface area contributed by atoms with Crippen LogP contribution in [0, 0.1) is 5.82 Å². The fourth-order valence-corrected chi connectivity index (χ4v) is 5.20. The average molecular weight is 418 g/mol. The molecule has 3 aromatic rings. The maximum Gasteiger partial charge on any atom is 0.208 e. The number of rotatable bonds is 5. The first-order valence-corrected chi connectivity index (χ1v) is 11.0. The number of piperidine rings is 1. The summed E-state index contributed by atoms with van der Waals surface area (Å²) in [6, 6.07) is 9.09. The van der Waals surface area contributed by atoms with Crippen LogP contribution in [0.3, 0.4) is 0 Å². The van der Waals surface area contributed by atoms with E-state index in [9.17, 15) is 12.8 Å². The minimum absolute atomic E-state index is 0.0578. The minimum Gasteiger partial charge on any atom is -0.495 e. The second-order valence-corrected chi connectivity index (χ2v) is 9.35. The Bertz CT molecular complexity index is 1140. The van der Waals surface area contributed by atoms with Gasteiger partial charge in [-0.05, 0) is 69.4 Å². The van der Waals surface area contributed by atoms with Crippen molar-refractivity contribution in [3.8, 4) is 5.75 Å². The number of fused-ring (bicyclic) bond motifs is 1. The summed E-state index contributed by atoms with van der Waals surface area (Å²) in [5.74, 6) is 0.112. The van der Waals surface area contributed by atoms with Gasteiger partial charge in [0.1, 0.15) is 11.6 Å². The number of hydrogen-bond donors (Lipinski definition) is 2. The second kappa shape index (κ2) is 7.68. The molecule has 2 heterocycles. The number of benzene rings is 2. The highest BCUT2D eigenvalue weighted by Gasteiger charge is 2.24. The third-order valence-electron chi connectivity index (χ3n) is 5.45. The zero-order chi connectivity index (χ0) is 20.6. The molecule has 1 aliphatic heterocycles. The van der Waals surface area contributed by atoms with E-state index in [-0.39, 0.29) is 15.8 Å². The normalized spacial score (nSPS) is 16.2. The highest BCUT2D eigenvalue weighted by molar-refractivity contribution is 7.91. The highest BCUT2D eigenvalue weighted by atomic mass is 32.2. The fraction of sp³-hybridized carbons (Fsp3) is 0.333. The number of likely N-dealkylation sites (tertiary alicyclic amines) is 1. The number of nitrogens with one attached hydrogen (secondary N) is 2. The van der Waals surface area contributed by atoms with Crippen LogP contribution in [0.1, 0.15) is 12.8 Å². The molecule has 2 N–H and O–H groups in total. The van der Waals surface area contributed by atoms with Crippen LogP contribution in [-0.4, -0.2) is 51.6 Å². The molecule has 1 aromatic heterocycles. The molecule has 1 saturated heterocycles. The Morgan fingerprint density at radius 1 is 1.17 bits per heavy atom. The number of nitrogens with zero attached hydrogens (tertiary/aromatic N) is 1. The van der Waals surface area contributed by atoms with Gasteiger partial charge in [-0.1, -0.05) is 0 Å². The summed E-state index contributed by atoms with van der Waals surface area (Å²) in [6.45, 7) is 1.97. The summed E-state index contributed by atoms with van der Waals surface area (Å²) in [5.41, 5.74) is 1.22. The summed E-state index contributed by atoms with van der Waals surface area (Å²) < 4.78 is 45.7. The quantitative estimate of drug-likeness (QED) is 0.663. The van der Waals surface area contributed by atoms with Gasteiger partial charge in [-0.3, -0.25) is 0 Å². The van der Waals surface area contributed by atoms with E-state index in [0.717, 1.165) is 25.9 Å². The maximum absolute atomic E-state index is 13.7. The molecule has 0 atom stereocenters. The highest BCUT2D eigenvalue weighted by Crippen LogP contribution is 2.34. The van der Waals surface area contributed by atoms with Gasteiger partial charge in [-0.25, -0.2) is 12.8 Å².